The lowest BCUT2D eigenvalue weighted by molar-refractivity contribution is 0.0480. The highest BCUT2D eigenvalue weighted by atomic mass is 19.1. The zero-order valence-corrected chi connectivity index (χ0v) is 15.0. The van der Waals surface area contributed by atoms with E-state index in [9.17, 15) is 9.18 Å². The first-order valence-electron chi connectivity index (χ1n) is 8.91. The molecule has 3 heterocycles. The normalized spacial score (nSPS) is 23.7. The Hall–Kier alpha value is -2.25. The second-order valence-corrected chi connectivity index (χ2v) is 7.30. The first-order valence-corrected chi connectivity index (χ1v) is 8.91. The van der Waals surface area contributed by atoms with E-state index in [0.29, 0.717) is 37.2 Å². The quantitative estimate of drug-likeness (QED) is 0.891. The number of fused-ring (bicyclic) bond motifs is 3. The average Bonchev–Trinajstić information content (AvgIpc) is 2.77. The number of aryl methyl sites for hydroxylation is 1. The van der Waals surface area contributed by atoms with E-state index in [2.05, 4.69) is 21.9 Å². The Morgan fingerprint density at radius 1 is 1.23 bits per heavy atom. The van der Waals surface area contributed by atoms with Crippen molar-refractivity contribution < 1.29 is 13.9 Å². The van der Waals surface area contributed by atoms with E-state index in [1.54, 1.807) is 12.1 Å². The van der Waals surface area contributed by atoms with Crippen molar-refractivity contribution in [1.82, 2.24) is 19.8 Å². The number of halogens is 1. The lowest BCUT2D eigenvalue weighted by atomic mass is 10.1. The highest BCUT2D eigenvalue weighted by molar-refractivity contribution is 5.94. The Kier molecular flexibility index (Phi) is 4.50. The number of rotatable bonds is 2. The third-order valence-electron chi connectivity index (χ3n) is 5.12. The fourth-order valence-corrected chi connectivity index (χ4v) is 3.88. The maximum Gasteiger partial charge on any atom is 0.274 e. The van der Waals surface area contributed by atoms with Gasteiger partial charge in [0.25, 0.3) is 5.91 Å². The molecule has 2 aliphatic heterocycles. The molecule has 2 aliphatic rings. The molecule has 6 nitrogen and oxygen atoms in total. The van der Waals surface area contributed by atoms with Crippen LogP contribution in [0.15, 0.2) is 24.3 Å². The van der Waals surface area contributed by atoms with Gasteiger partial charge in [0.2, 0.25) is 0 Å². The van der Waals surface area contributed by atoms with Gasteiger partial charge in [0.1, 0.15) is 17.3 Å². The lowest BCUT2D eigenvalue weighted by Crippen LogP contribution is -2.46. The monoisotopic (exact) mass is 358 g/mol. The van der Waals surface area contributed by atoms with Gasteiger partial charge in [0, 0.05) is 36.8 Å². The Bertz CT molecular complexity index is 804. The molecule has 138 valence electrons. The van der Waals surface area contributed by atoms with Crippen LogP contribution in [-0.4, -0.2) is 71.6 Å². The van der Waals surface area contributed by atoms with Crippen LogP contribution in [0.3, 0.4) is 0 Å². The fourth-order valence-electron chi connectivity index (χ4n) is 3.88. The van der Waals surface area contributed by atoms with Crippen molar-refractivity contribution in [2.75, 3.05) is 39.9 Å². The van der Waals surface area contributed by atoms with Crippen LogP contribution in [0.4, 0.5) is 4.39 Å². The standard InChI is InChI=1S/C19H23FN4O2/c1-12-17(22-18(21-12)14-3-5-15(20)6-4-14)19(25)24-8-13-7-23(2)9-16(24)11-26-10-13/h3-6,13,16H,7-11H2,1-2H3,(H,21,22)/t13-,16-/m0/s1. The summed E-state index contributed by atoms with van der Waals surface area (Å²) in [5.74, 6) is 0.529. The topological polar surface area (TPSA) is 61.5 Å². The van der Waals surface area contributed by atoms with Gasteiger partial charge in [0.05, 0.1) is 19.3 Å². The molecule has 0 aliphatic carbocycles. The smallest absolute Gasteiger partial charge is 0.274 e. The summed E-state index contributed by atoms with van der Waals surface area (Å²) in [6.07, 6.45) is 0. The van der Waals surface area contributed by atoms with Gasteiger partial charge in [-0.2, -0.15) is 0 Å². The predicted octanol–water partition coefficient (Wildman–Crippen LogP) is 1.93. The predicted molar refractivity (Wildman–Crippen MR) is 95.3 cm³/mol. The Balaban J connectivity index is 1.63. The molecule has 1 amide bonds. The van der Waals surface area contributed by atoms with Crippen LogP contribution in [0, 0.1) is 18.7 Å². The third-order valence-corrected chi connectivity index (χ3v) is 5.12. The second-order valence-electron chi connectivity index (χ2n) is 7.30. The highest BCUT2D eigenvalue weighted by Crippen LogP contribution is 2.24. The SMILES string of the molecule is Cc1[nH]c(-c2ccc(F)cc2)nc1C(=O)N1C[C@H]2COC[C@@H]1CN(C)C2. The number of imidazole rings is 1. The van der Waals surface area contributed by atoms with Gasteiger partial charge >= 0.3 is 0 Å². The van der Waals surface area contributed by atoms with Crippen LogP contribution in [0.2, 0.25) is 0 Å². The average molecular weight is 358 g/mol. The maximum absolute atomic E-state index is 13.2. The summed E-state index contributed by atoms with van der Waals surface area (Å²) in [4.78, 5) is 25.1. The van der Waals surface area contributed by atoms with Crippen molar-refractivity contribution in [3.63, 3.8) is 0 Å². The van der Waals surface area contributed by atoms with Crippen LogP contribution in [-0.2, 0) is 4.74 Å². The zero-order valence-electron chi connectivity index (χ0n) is 15.0. The van der Waals surface area contributed by atoms with Crippen LogP contribution >= 0.6 is 0 Å². The summed E-state index contributed by atoms with van der Waals surface area (Å²) in [6.45, 7) is 5.51. The summed E-state index contributed by atoms with van der Waals surface area (Å²) in [5, 5.41) is 0. The summed E-state index contributed by atoms with van der Waals surface area (Å²) in [6, 6.07) is 6.12. The van der Waals surface area contributed by atoms with Crippen LogP contribution in [0.25, 0.3) is 11.4 Å². The van der Waals surface area contributed by atoms with E-state index >= 15 is 0 Å². The number of likely N-dealkylation sites (N-methyl/N-ethyl adjacent to an activating group) is 1. The van der Waals surface area contributed by atoms with Crippen molar-refractivity contribution in [2.24, 2.45) is 5.92 Å². The molecule has 7 heteroatoms. The van der Waals surface area contributed by atoms with E-state index in [-0.39, 0.29) is 17.8 Å². The molecule has 1 aromatic carbocycles. The molecule has 0 saturated carbocycles. The van der Waals surface area contributed by atoms with Crippen molar-refractivity contribution in [3.05, 3.63) is 41.5 Å². The number of H-pyrrole nitrogens is 1. The lowest BCUT2D eigenvalue weighted by Gasteiger charge is -2.29. The number of ether oxygens (including phenoxy) is 1. The number of hydrogen-bond donors (Lipinski definition) is 1. The van der Waals surface area contributed by atoms with E-state index in [4.69, 9.17) is 4.74 Å². The van der Waals surface area contributed by atoms with Crippen molar-refractivity contribution in [1.29, 1.82) is 0 Å². The first kappa shape index (κ1) is 17.2. The molecule has 0 radical (unpaired) electrons. The van der Waals surface area contributed by atoms with E-state index in [1.807, 2.05) is 11.8 Å². The van der Waals surface area contributed by atoms with Gasteiger partial charge in [-0.05, 0) is 38.2 Å². The molecule has 0 spiro atoms. The van der Waals surface area contributed by atoms with Gasteiger partial charge in [0.15, 0.2) is 0 Å². The number of hydrogen-bond acceptors (Lipinski definition) is 4. The van der Waals surface area contributed by atoms with Gasteiger partial charge in [-0.1, -0.05) is 0 Å². The molecule has 2 saturated heterocycles. The van der Waals surface area contributed by atoms with Crippen LogP contribution < -0.4 is 0 Å². The Morgan fingerprint density at radius 3 is 2.77 bits per heavy atom. The molecule has 2 aromatic rings. The van der Waals surface area contributed by atoms with Crippen molar-refractivity contribution >= 4 is 5.91 Å². The van der Waals surface area contributed by atoms with Gasteiger partial charge in [-0.25, -0.2) is 9.37 Å². The molecular formula is C19H23FN4O2. The third kappa shape index (κ3) is 3.24. The van der Waals surface area contributed by atoms with E-state index < -0.39 is 0 Å². The number of nitrogens with one attached hydrogen (secondary N) is 1. The fraction of sp³-hybridized carbons (Fsp3) is 0.474. The summed E-state index contributed by atoms with van der Waals surface area (Å²) in [7, 11) is 2.09. The second kappa shape index (κ2) is 6.81. The molecule has 4 rings (SSSR count). The van der Waals surface area contributed by atoms with Crippen molar-refractivity contribution in [3.8, 4) is 11.4 Å². The highest BCUT2D eigenvalue weighted by Gasteiger charge is 2.36. The summed E-state index contributed by atoms with van der Waals surface area (Å²) in [5.41, 5.74) is 1.91. The number of amides is 1. The van der Waals surface area contributed by atoms with Gasteiger partial charge in [-0.15, -0.1) is 0 Å². The Morgan fingerprint density at radius 2 is 2.00 bits per heavy atom. The van der Waals surface area contributed by atoms with Crippen LogP contribution in [0.5, 0.6) is 0 Å². The number of carbonyl (C=O) groups is 1. The van der Waals surface area contributed by atoms with E-state index in [0.717, 1.165) is 24.3 Å². The molecule has 2 fully saturated rings. The van der Waals surface area contributed by atoms with Crippen molar-refractivity contribution in [2.45, 2.75) is 13.0 Å². The zero-order chi connectivity index (χ0) is 18.3. The number of benzene rings is 1. The first-order chi connectivity index (χ1) is 12.5. The largest absolute Gasteiger partial charge is 0.379 e. The number of aromatic nitrogens is 2. The number of carbonyl (C=O) groups excluding carboxylic acids is 1. The molecule has 26 heavy (non-hydrogen) atoms. The number of aromatic amines is 1. The molecule has 2 bridgehead atoms. The molecule has 1 aromatic heterocycles. The molecule has 2 atom stereocenters. The van der Waals surface area contributed by atoms with Crippen LogP contribution in [0.1, 0.15) is 16.2 Å². The van der Waals surface area contributed by atoms with Gasteiger partial charge < -0.3 is 19.5 Å². The minimum Gasteiger partial charge on any atom is -0.379 e. The maximum atomic E-state index is 13.2. The van der Waals surface area contributed by atoms with E-state index in [1.165, 1.54) is 12.1 Å². The summed E-state index contributed by atoms with van der Waals surface area (Å²) < 4.78 is 18.9. The Labute approximate surface area is 152 Å². The number of nitrogens with zero attached hydrogens (tertiary/aromatic N) is 3. The molecule has 1 N–H and O–H groups in total. The minimum atomic E-state index is -0.297. The molecule has 0 unspecified atom stereocenters. The summed E-state index contributed by atoms with van der Waals surface area (Å²) >= 11 is 0. The van der Waals surface area contributed by atoms with Gasteiger partial charge in [-0.3, -0.25) is 4.79 Å². The molecular weight excluding hydrogens is 335 g/mol. The minimum absolute atomic E-state index is 0.0328.